The largest absolute Gasteiger partial charge is 0.396 e. The molecule has 1 aromatic rings. The van der Waals surface area contributed by atoms with Gasteiger partial charge < -0.3 is 5.73 Å². The van der Waals surface area contributed by atoms with Gasteiger partial charge in [-0.3, -0.25) is 4.21 Å². The van der Waals surface area contributed by atoms with Crippen molar-refractivity contribution in [1.29, 1.82) is 0 Å². The predicted molar refractivity (Wildman–Crippen MR) is 69.5 cm³/mol. The minimum absolute atomic E-state index is 0.116. The molecular weight excluding hydrogens is 279 g/mol. The molecule has 0 saturated carbocycles. The Labute approximate surface area is 108 Å². The number of nitrogen functional groups attached to an aromatic ring is 1. The van der Waals surface area contributed by atoms with E-state index >= 15 is 0 Å². The maximum Gasteiger partial charge on any atom is 0.240 e. The van der Waals surface area contributed by atoms with Gasteiger partial charge in [0.25, 0.3) is 0 Å². The number of hydrogen-bond acceptors (Lipinski definition) is 4. The summed E-state index contributed by atoms with van der Waals surface area (Å²) in [4.78, 5) is -0.116. The summed E-state index contributed by atoms with van der Waals surface area (Å²) in [6.07, 6.45) is 1.49. The Morgan fingerprint density at radius 1 is 1.50 bits per heavy atom. The molecule has 0 heterocycles. The van der Waals surface area contributed by atoms with Gasteiger partial charge in [0.15, 0.2) is 0 Å². The first kappa shape index (κ1) is 15.1. The molecule has 18 heavy (non-hydrogen) atoms. The van der Waals surface area contributed by atoms with Crippen LogP contribution in [0.25, 0.3) is 0 Å². The van der Waals surface area contributed by atoms with Gasteiger partial charge in [0.05, 0.1) is 10.6 Å². The lowest BCUT2D eigenvalue weighted by Gasteiger charge is -2.13. The van der Waals surface area contributed by atoms with Gasteiger partial charge in [-0.25, -0.2) is 17.5 Å². The molecule has 0 aliphatic heterocycles. The van der Waals surface area contributed by atoms with E-state index in [-0.39, 0.29) is 16.3 Å². The minimum Gasteiger partial charge on any atom is -0.396 e. The van der Waals surface area contributed by atoms with Crippen molar-refractivity contribution in [3.05, 3.63) is 24.0 Å². The van der Waals surface area contributed by atoms with Crippen LogP contribution in [-0.2, 0) is 20.8 Å². The smallest absolute Gasteiger partial charge is 0.240 e. The van der Waals surface area contributed by atoms with Crippen molar-refractivity contribution in [3.8, 4) is 0 Å². The molecule has 0 fully saturated rings. The van der Waals surface area contributed by atoms with E-state index in [0.717, 1.165) is 18.2 Å². The van der Waals surface area contributed by atoms with Crippen LogP contribution in [0.4, 0.5) is 10.1 Å². The SMILES string of the molecule is CC(CS(C)=O)NS(=O)(=O)c1ccc(F)c(N)c1. The zero-order valence-corrected chi connectivity index (χ0v) is 11.6. The molecule has 0 amide bonds. The summed E-state index contributed by atoms with van der Waals surface area (Å²) in [7, 11) is -4.88. The average Bonchev–Trinajstić information content (AvgIpc) is 2.19. The number of benzene rings is 1. The van der Waals surface area contributed by atoms with Crippen LogP contribution in [0.5, 0.6) is 0 Å². The number of nitrogens with one attached hydrogen (secondary N) is 1. The number of anilines is 1. The lowest BCUT2D eigenvalue weighted by atomic mass is 10.3. The van der Waals surface area contributed by atoms with E-state index in [1.807, 2.05) is 0 Å². The molecule has 0 aliphatic carbocycles. The van der Waals surface area contributed by atoms with Crippen molar-refractivity contribution in [2.45, 2.75) is 17.9 Å². The van der Waals surface area contributed by atoms with E-state index in [4.69, 9.17) is 5.73 Å². The second kappa shape index (κ2) is 5.77. The summed E-state index contributed by atoms with van der Waals surface area (Å²) >= 11 is 0. The van der Waals surface area contributed by atoms with Crippen LogP contribution in [0, 0.1) is 5.82 Å². The molecule has 2 atom stereocenters. The standard InChI is InChI=1S/C10H15FN2O3S2/c1-7(6-17(2)14)13-18(15,16)8-3-4-9(11)10(12)5-8/h3-5,7,13H,6,12H2,1-2H3. The topological polar surface area (TPSA) is 89.3 Å². The van der Waals surface area contributed by atoms with Crippen LogP contribution in [0.2, 0.25) is 0 Å². The van der Waals surface area contributed by atoms with Gasteiger partial charge in [0.2, 0.25) is 10.0 Å². The molecule has 3 N–H and O–H groups in total. The molecule has 1 rings (SSSR count). The molecule has 0 spiro atoms. The Balaban J connectivity index is 2.92. The van der Waals surface area contributed by atoms with Gasteiger partial charge in [0.1, 0.15) is 5.82 Å². The zero-order valence-electron chi connectivity index (χ0n) is 10.0. The molecule has 0 bridgehead atoms. The van der Waals surface area contributed by atoms with Crippen molar-refractivity contribution in [3.63, 3.8) is 0 Å². The third-order valence-electron chi connectivity index (χ3n) is 2.12. The van der Waals surface area contributed by atoms with Crippen molar-refractivity contribution < 1.29 is 17.0 Å². The lowest BCUT2D eigenvalue weighted by molar-refractivity contribution is 0.569. The molecule has 2 unspecified atom stereocenters. The lowest BCUT2D eigenvalue weighted by Crippen LogP contribution is -2.36. The molecule has 5 nitrogen and oxygen atoms in total. The maximum absolute atomic E-state index is 12.9. The first-order valence-corrected chi connectivity index (χ1v) is 8.31. The molecular formula is C10H15FN2O3S2. The fourth-order valence-electron chi connectivity index (χ4n) is 1.41. The van der Waals surface area contributed by atoms with Gasteiger partial charge in [-0.2, -0.15) is 0 Å². The van der Waals surface area contributed by atoms with Crippen LogP contribution >= 0.6 is 0 Å². The number of halogens is 1. The molecule has 0 saturated heterocycles. The highest BCUT2D eigenvalue weighted by Gasteiger charge is 2.19. The van der Waals surface area contributed by atoms with Gasteiger partial charge in [-0.1, -0.05) is 0 Å². The molecule has 102 valence electrons. The highest BCUT2D eigenvalue weighted by Crippen LogP contribution is 2.16. The molecule has 0 aromatic heterocycles. The quantitative estimate of drug-likeness (QED) is 0.772. The van der Waals surface area contributed by atoms with E-state index in [1.165, 1.54) is 6.26 Å². The average molecular weight is 294 g/mol. The fourth-order valence-corrected chi connectivity index (χ4v) is 3.58. The van der Waals surface area contributed by atoms with Crippen molar-refractivity contribution in [2.75, 3.05) is 17.7 Å². The van der Waals surface area contributed by atoms with Crippen LogP contribution in [0.3, 0.4) is 0 Å². The first-order valence-electron chi connectivity index (χ1n) is 5.10. The van der Waals surface area contributed by atoms with Crippen LogP contribution in [0.15, 0.2) is 23.1 Å². The summed E-state index contributed by atoms with van der Waals surface area (Å²) < 4.78 is 50.1. The summed E-state index contributed by atoms with van der Waals surface area (Å²) in [5.74, 6) is -0.465. The highest BCUT2D eigenvalue weighted by molar-refractivity contribution is 7.89. The van der Waals surface area contributed by atoms with Crippen molar-refractivity contribution >= 4 is 26.5 Å². The van der Waals surface area contributed by atoms with E-state index in [0.29, 0.717) is 0 Å². The van der Waals surface area contributed by atoms with Crippen LogP contribution in [-0.4, -0.2) is 30.7 Å². The first-order chi connectivity index (χ1) is 8.22. The van der Waals surface area contributed by atoms with Gasteiger partial charge in [-0.15, -0.1) is 0 Å². The van der Waals surface area contributed by atoms with E-state index in [9.17, 15) is 17.0 Å². The monoisotopic (exact) mass is 294 g/mol. The summed E-state index contributed by atoms with van der Waals surface area (Å²) in [5.41, 5.74) is 5.08. The maximum atomic E-state index is 12.9. The third kappa shape index (κ3) is 4.04. The Hall–Kier alpha value is -0.990. The Morgan fingerprint density at radius 2 is 2.11 bits per heavy atom. The van der Waals surface area contributed by atoms with Gasteiger partial charge >= 0.3 is 0 Å². The Morgan fingerprint density at radius 3 is 2.61 bits per heavy atom. The van der Waals surface area contributed by atoms with Crippen molar-refractivity contribution in [1.82, 2.24) is 4.72 Å². The van der Waals surface area contributed by atoms with E-state index in [2.05, 4.69) is 4.72 Å². The minimum atomic E-state index is -3.78. The summed E-state index contributed by atoms with van der Waals surface area (Å²) in [5, 5.41) is 0. The van der Waals surface area contributed by atoms with Crippen LogP contribution < -0.4 is 10.5 Å². The van der Waals surface area contributed by atoms with Gasteiger partial charge in [-0.05, 0) is 25.1 Å². The number of rotatable bonds is 5. The summed E-state index contributed by atoms with van der Waals surface area (Å²) in [6.45, 7) is 1.60. The second-order valence-electron chi connectivity index (χ2n) is 3.95. The molecule has 1 aromatic carbocycles. The third-order valence-corrected chi connectivity index (χ3v) is 4.68. The number of sulfonamides is 1. The highest BCUT2D eigenvalue weighted by atomic mass is 32.2. The second-order valence-corrected chi connectivity index (χ2v) is 7.14. The Kier molecular flexibility index (Phi) is 4.83. The zero-order chi connectivity index (χ0) is 13.9. The van der Waals surface area contributed by atoms with Crippen molar-refractivity contribution in [2.24, 2.45) is 0 Å². The molecule has 0 aliphatic rings. The van der Waals surface area contributed by atoms with E-state index < -0.39 is 32.7 Å². The molecule has 8 heteroatoms. The van der Waals surface area contributed by atoms with Gasteiger partial charge in [0, 0.05) is 28.9 Å². The fraction of sp³-hybridized carbons (Fsp3) is 0.400. The number of hydrogen-bond donors (Lipinski definition) is 2. The van der Waals surface area contributed by atoms with Crippen LogP contribution in [0.1, 0.15) is 6.92 Å². The Bertz CT molecular complexity index is 560. The van der Waals surface area contributed by atoms with E-state index in [1.54, 1.807) is 6.92 Å². The predicted octanol–water partition coefficient (Wildman–Crippen LogP) is 0.453. The number of nitrogens with two attached hydrogens (primary N) is 1. The molecule has 0 radical (unpaired) electrons. The summed E-state index contributed by atoms with van der Waals surface area (Å²) in [6, 6.07) is 2.69. The normalized spacial score (nSPS) is 15.3.